The van der Waals surface area contributed by atoms with Crippen LogP contribution in [0.4, 0.5) is 0 Å². The molecule has 1 aromatic rings. The van der Waals surface area contributed by atoms with Gasteiger partial charge in [-0.15, -0.1) is 0 Å². The number of rotatable bonds is 4. The van der Waals surface area contributed by atoms with E-state index in [2.05, 4.69) is 15.3 Å². The molecule has 0 aliphatic carbocycles. The monoisotopic (exact) mass is 237 g/mol. The van der Waals surface area contributed by atoms with Crippen LogP contribution in [0, 0.1) is 0 Å². The molecule has 1 saturated heterocycles. The second-order valence-corrected chi connectivity index (χ2v) is 4.23. The zero-order valence-corrected chi connectivity index (χ0v) is 10.3. The van der Waals surface area contributed by atoms with Crippen molar-refractivity contribution in [2.75, 3.05) is 27.4 Å². The van der Waals surface area contributed by atoms with Gasteiger partial charge in [-0.05, 0) is 7.05 Å². The Morgan fingerprint density at radius 2 is 2.18 bits per heavy atom. The van der Waals surface area contributed by atoms with Gasteiger partial charge in [0.25, 0.3) is 0 Å². The van der Waals surface area contributed by atoms with Crippen LogP contribution >= 0.6 is 0 Å². The fourth-order valence-corrected chi connectivity index (χ4v) is 2.47. The molecule has 1 aliphatic rings. The van der Waals surface area contributed by atoms with Crippen molar-refractivity contribution in [3.05, 3.63) is 24.3 Å². The van der Waals surface area contributed by atoms with Crippen LogP contribution in [0.5, 0.6) is 0 Å². The molecule has 5 heteroatoms. The number of methoxy groups -OCH3 is 1. The largest absolute Gasteiger partial charge is 0.381 e. The summed E-state index contributed by atoms with van der Waals surface area (Å²) in [6.07, 6.45) is 6.91. The Hall–Kier alpha value is -1.04. The first-order chi connectivity index (χ1) is 8.32. The molecule has 1 atom stereocenters. The molecule has 1 N–H and O–H groups in total. The molecule has 0 aromatic carbocycles. The maximum atomic E-state index is 5.78. The van der Waals surface area contributed by atoms with Crippen molar-refractivity contribution >= 4 is 0 Å². The lowest BCUT2D eigenvalue weighted by atomic mass is 9.84. The van der Waals surface area contributed by atoms with Gasteiger partial charge in [0.1, 0.15) is 0 Å². The Morgan fingerprint density at radius 1 is 1.41 bits per heavy atom. The molecule has 0 spiro atoms. The molecule has 0 amide bonds. The Kier molecular flexibility index (Phi) is 4.04. The summed E-state index contributed by atoms with van der Waals surface area (Å²) in [4.78, 5) is 8.50. The number of nitrogens with zero attached hydrogens (tertiary/aromatic N) is 2. The van der Waals surface area contributed by atoms with E-state index in [0.717, 1.165) is 31.7 Å². The van der Waals surface area contributed by atoms with E-state index in [9.17, 15) is 0 Å². The van der Waals surface area contributed by atoms with Gasteiger partial charge in [0.15, 0.2) is 0 Å². The molecule has 0 saturated carbocycles. The maximum Gasteiger partial charge on any atom is 0.0932 e. The number of aromatic nitrogens is 2. The van der Waals surface area contributed by atoms with Crippen molar-refractivity contribution in [2.45, 2.75) is 24.5 Å². The van der Waals surface area contributed by atoms with Gasteiger partial charge in [-0.2, -0.15) is 0 Å². The van der Waals surface area contributed by atoms with Crippen molar-refractivity contribution in [3.63, 3.8) is 0 Å². The van der Waals surface area contributed by atoms with Crippen LogP contribution in [-0.2, 0) is 9.47 Å². The summed E-state index contributed by atoms with van der Waals surface area (Å²) in [6, 6.07) is 0.0464. The van der Waals surface area contributed by atoms with Gasteiger partial charge in [0, 0.05) is 45.6 Å². The minimum atomic E-state index is -0.247. The zero-order valence-electron chi connectivity index (χ0n) is 10.3. The van der Waals surface area contributed by atoms with Crippen molar-refractivity contribution in [2.24, 2.45) is 0 Å². The Bertz CT molecular complexity index is 339. The number of hydrogen-bond acceptors (Lipinski definition) is 5. The SMILES string of the molecule is CNC(c1cnccn1)C1(OC)CCOCC1. The lowest BCUT2D eigenvalue weighted by Crippen LogP contribution is -2.48. The van der Waals surface area contributed by atoms with Crippen LogP contribution in [0.2, 0.25) is 0 Å². The third kappa shape index (κ3) is 2.46. The zero-order chi connectivity index (χ0) is 12.1. The number of nitrogens with one attached hydrogen (secondary N) is 1. The second-order valence-electron chi connectivity index (χ2n) is 4.23. The summed E-state index contributed by atoms with van der Waals surface area (Å²) < 4.78 is 11.2. The fraction of sp³-hybridized carbons (Fsp3) is 0.667. The highest BCUT2D eigenvalue weighted by molar-refractivity contribution is 5.10. The third-order valence-electron chi connectivity index (χ3n) is 3.44. The van der Waals surface area contributed by atoms with Crippen molar-refractivity contribution in [1.29, 1.82) is 0 Å². The number of ether oxygens (including phenoxy) is 2. The van der Waals surface area contributed by atoms with Gasteiger partial charge < -0.3 is 14.8 Å². The molecule has 0 radical (unpaired) electrons. The van der Waals surface area contributed by atoms with Gasteiger partial charge in [0.05, 0.1) is 23.5 Å². The molecule has 1 fully saturated rings. The first kappa shape index (κ1) is 12.4. The van der Waals surface area contributed by atoms with Gasteiger partial charge in [-0.25, -0.2) is 0 Å². The normalized spacial score (nSPS) is 21.1. The smallest absolute Gasteiger partial charge is 0.0932 e. The van der Waals surface area contributed by atoms with Crippen molar-refractivity contribution in [1.82, 2.24) is 15.3 Å². The Balaban J connectivity index is 2.26. The van der Waals surface area contributed by atoms with Crippen molar-refractivity contribution < 1.29 is 9.47 Å². The van der Waals surface area contributed by atoms with E-state index in [-0.39, 0.29) is 11.6 Å². The van der Waals surface area contributed by atoms with E-state index in [0.29, 0.717) is 0 Å². The Morgan fingerprint density at radius 3 is 2.71 bits per heavy atom. The molecular weight excluding hydrogens is 218 g/mol. The van der Waals surface area contributed by atoms with Crippen LogP contribution < -0.4 is 5.32 Å². The average molecular weight is 237 g/mol. The molecule has 17 heavy (non-hydrogen) atoms. The van der Waals surface area contributed by atoms with Gasteiger partial charge in [0.2, 0.25) is 0 Å². The maximum absolute atomic E-state index is 5.78. The minimum absolute atomic E-state index is 0.0464. The average Bonchev–Trinajstić information content (AvgIpc) is 2.42. The van der Waals surface area contributed by atoms with E-state index >= 15 is 0 Å². The van der Waals surface area contributed by atoms with Gasteiger partial charge in [-0.1, -0.05) is 0 Å². The van der Waals surface area contributed by atoms with E-state index in [1.807, 2.05) is 7.05 Å². The summed E-state index contributed by atoms with van der Waals surface area (Å²) in [7, 11) is 3.68. The molecule has 2 heterocycles. The van der Waals surface area contributed by atoms with Crippen LogP contribution in [0.25, 0.3) is 0 Å². The van der Waals surface area contributed by atoms with E-state index < -0.39 is 0 Å². The van der Waals surface area contributed by atoms with Crippen LogP contribution in [-0.4, -0.2) is 42.9 Å². The molecule has 1 aliphatic heterocycles. The minimum Gasteiger partial charge on any atom is -0.381 e. The molecule has 1 aromatic heterocycles. The summed E-state index contributed by atoms with van der Waals surface area (Å²) in [5, 5.41) is 3.30. The summed E-state index contributed by atoms with van der Waals surface area (Å²) in [5.74, 6) is 0. The quantitative estimate of drug-likeness (QED) is 0.844. The predicted molar refractivity (Wildman–Crippen MR) is 63.6 cm³/mol. The predicted octanol–water partition coefficient (Wildman–Crippen LogP) is 0.933. The van der Waals surface area contributed by atoms with Crippen LogP contribution in [0.3, 0.4) is 0 Å². The highest BCUT2D eigenvalue weighted by Crippen LogP contribution is 2.36. The summed E-state index contributed by atoms with van der Waals surface area (Å²) in [5.41, 5.74) is 0.669. The van der Waals surface area contributed by atoms with Gasteiger partial charge >= 0.3 is 0 Å². The number of likely N-dealkylation sites (N-methyl/N-ethyl adjacent to an activating group) is 1. The third-order valence-corrected chi connectivity index (χ3v) is 3.44. The Labute approximate surface area is 102 Å². The first-order valence-electron chi connectivity index (χ1n) is 5.88. The van der Waals surface area contributed by atoms with Crippen LogP contribution in [0.1, 0.15) is 24.6 Å². The lowest BCUT2D eigenvalue weighted by molar-refractivity contribution is -0.111. The molecular formula is C12H19N3O2. The highest BCUT2D eigenvalue weighted by Gasteiger charge is 2.41. The fourth-order valence-electron chi connectivity index (χ4n) is 2.47. The highest BCUT2D eigenvalue weighted by atomic mass is 16.5. The molecule has 5 nitrogen and oxygen atoms in total. The van der Waals surface area contributed by atoms with Gasteiger partial charge in [-0.3, -0.25) is 9.97 Å². The molecule has 94 valence electrons. The summed E-state index contributed by atoms with van der Waals surface area (Å²) in [6.45, 7) is 1.46. The van der Waals surface area contributed by atoms with Crippen LogP contribution in [0.15, 0.2) is 18.6 Å². The standard InChI is InChI=1S/C12H19N3O2/c1-13-11(10-9-14-5-6-15-10)12(16-2)3-7-17-8-4-12/h5-6,9,11,13H,3-4,7-8H2,1-2H3. The van der Waals surface area contributed by atoms with E-state index in [1.165, 1.54) is 0 Å². The van der Waals surface area contributed by atoms with Crippen molar-refractivity contribution in [3.8, 4) is 0 Å². The first-order valence-corrected chi connectivity index (χ1v) is 5.88. The van der Waals surface area contributed by atoms with E-state index in [4.69, 9.17) is 9.47 Å². The topological polar surface area (TPSA) is 56.3 Å². The second kappa shape index (κ2) is 5.53. The molecule has 0 bridgehead atoms. The summed E-state index contributed by atoms with van der Waals surface area (Å²) >= 11 is 0. The van der Waals surface area contributed by atoms with E-state index in [1.54, 1.807) is 25.7 Å². The lowest BCUT2D eigenvalue weighted by Gasteiger charge is -2.41. The molecule has 2 rings (SSSR count). The molecule has 1 unspecified atom stereocenters. The number of hydrogen-bond donors (Lipinski definition) is 1.